The highest BCUT2D eigenvalue weighted by Gasteiger charge is 2.09. The van der Waals surface area contributed by atoms with Gasteiger partial charge in [0.2, 0.25) is 5.91 Å². The third-order valence-electron chi connectivity index (χ3n) is 3.65. The Labute approximate surface area is 152 Å². The molecule has 2 N–H and O–H groups in total. The lowest BCUT2D eigenvalue weighted by molar-refractivity contribution is -0.115. The van der Waals surface area contributed by atoms with Crippen LogP contribution in [0.25, 0.3) is 22.6 Å². The van der Waals surface area contributed by atoms with E-state index in [1.165, 1.54) is 0 Å². The van der Waals surface area contributed by atoms with Gasteiger partial charge >= 0.3 is 0 Å². The zero-order chi connectivity index (χ0) is 17.2. The van der Waals surface area contributed by atoms with E-state index in [4.69, 9.17) is 11.6 Å². The molecular weight excluding hydrogens is 356 g/mol. The van der Waals surface area contributed by atoms with Crippen LogP contribution in [0, 0.1) is 0 Å². The molecule has 0 aliphatic rings. The Morgan fingerprint density at radius 1 is 1.24 bits per heavy atom. The smallest absolute Gasteiger partial charge is 0.229 e. The Morgan fingerprint density at radius 3 is 2.92 bits per heavy atom. The summed E-state index contributed by atoms with van der Waals surface area (Å²) >= 11 is 7.44. The molecule has 0 fully saturated rings. The van der Waals surface area contributed by atoms with E-state index in [0.717, 1.165) is 21.6 Å². The summed E-state index contributed by atoms with van der Waals surface area (Å²) < 4.78 is 0. The van der Waals surface area contributed by atoms with Gasteiger partial charge in [-0.15, -0.1) is 11.3 Å². The number of hydrogen-bond acceptors (Lipinski definition) is 4. The number of carbonyl (C=O) groups is 1. The summed E-state index contributed by atoms with van der Waals surface area (Å²) in [6.07, 6.45) is 1.96. The molecule has 5 nitrogen and oxygen atoms in total. The monoisotopic (exact) mass is 368 g/mol. The first-order valence-electron chi connectivity index (χ1n) is 7.61. The number of imidazole rings is 1. The number of nitrogens with one attached hydrogen (secondary N) is 2. The Hall–Kier alpha value is -2.70. The first-order valence-corrected chi connectivity index (χ1v) is 8.87. The van der Waals surface area contributed by atoms with Gasteiger partial charge in [-0.05, 0) is 41.8 Å². The van der Waals surface area contributed by atoms with E-state index < -0.39 is 0 Å². The molecule has 0 atom stereocenters. The number of aromatic nitrogens is 3. The highest BCUT2D eigenvalue weighted by molar-refractivity contribution is 7.10. The van der Waals surface area contributed by atoms with Gasteiger partial charge in [-0.25, -0.2) is 4.98 Å². The maximum atomic E-state index is 12.1. The van der Waals surface area contributed by atoms with Crippen molar-refractivity contribution in [3.63, 3.8) is 0 Å². The molecule has 0 bridgehead atoms. The predicted octanol–water partition coefficient (Wildman–Crippen LogP) is 4.52. The van der Waals surface area contributed by atoms with Gasteiger partial charge in [0.25, 0.3) is 0 Å². The van der Waals surface area contributed by atoms with E-state index in [0.29, 0.717) is 23.0 Å². The van der Waals surface area contributed by atoms with E-state index in [-0.39, 0.29) is 5.91 Å². The number of amides is 1. The third-order valence-corrected chi connectivity index (χ3v) is 4.75. The Balaban J connectivity index is 1.55. The van der Waals surface area contributed by atoms with Crippen molar-refractivity contribution in [2.75, 3.05) is 5.32 Å². The number of hydrogen-bond donors (Lipinski definition) is 2. The van der Waals surface area contributed by atoms with Crippen LogP contribution in [-0.4, -0.2) is 20.9 Å². The molecule has 0 radical (unpaired) electrons. The molecule has 124 valence electrons. The second-order valence-electron chi connectivity index (χ2n) is 5.48. The topological polar surface area (TPSA) is 70.7 Å². The lowest BCUT2D eigenvalue weighted by atomic mass is 10.2. The van der Waals surface area contributed by atoms with Gasteiger partial charge in [0.1, 0.15) is 5.69 Å². The third kappa shape index (κ3) is 3.55. The van der Waals surface area contributed by atoms with Crippen LogP contribution in [0.3, 0.4) is 0 Å². The van der Waals surface area contributed by atoms with Crippen molar-refractivity contribution < 1.29 is 4.79 Å². The number of nitrogens with zero attached hydrogens (tertiary/aromatic N) is 2. The first kappa shape index (κ1) is 15.8. The average molecular weight is 369 g/mol. The van der Waals surface area contributed by atoms with Crippen LogP contribution in [0.1, 0.15) is 4.88 Å². The van der Waals surface area contributed by atoms with E-state index in [1.54, 1.807) is 23.6 Å². The summed E-state index contributed by atoms with van der Waals surface area (Å²) in [6.45, 7) is 0. The highest BCUT2D eigenvalue weighted by Crippen LogP contribution is 2.22. The number of aromatic amines is 1. The van der Waals surface area contributed by atoms with Crippen LogP contribution in [0.4, 0.5) is 5.69 Å². The van der Waals surface area contributed by atoms with Gasteiger partial charge in [-0.2, -0.15) is 0 Å². The van der Waals surface area contributed by atoms with Crippen molar-refractivity contribution >= 4 is 45.6 Å². The number of H-pyrrole nitrogens is 1. The van der Waals surface area contributed by atoms with Crippen molar-refractivity contribution in [1.82, 2.24) is 15.0 Å². The summed E-state index contributed by atoms with van der Waals surface area (Å²) in [5.74, 6) is 0.620. The fraction of sp³-hybridized carbons (Fsp3) is 0.0556. The fourth-order valence-electron chi connectivity index (χ4n) is 2.50. The van der Waals surface area contributed by atoms with Crippen LogP contribution < -0.4 is 5.32 Å². The van der Waals surface area contributed by atoms with Crippen LogP contribution in [0.15, 0.2) is 54.0 Å². The maximum Gasteiger partial charge on any atom is 0.229 e. The Bertz CT molecular complexity index is 1030. The minimum atomic E-state index is -0.0408. The summed E-state index contributed by atoms with van der Waals surface area (Å²) in [6, 6.07) is 13.1. The summed E-state index contributed by atoms with van der Waals surface area (Å²) in [5.41, 5.74) is 3.08. The number of halogens is 1. The zero-order valence-corrected chi connectivity index (χ0v) is 14.6. The normalized spacial score (nSPS) is 10.9. The molecule has 4 rings (SSSR count). The quantitative estimate of drug-likeness (QED) is 0.556. The second-order valence-corrected chi connectivity index (χ2v) is 6.95. The molecule has 1 aromatic carbocycles. The van der Waals surface area contributed by atoms with Crippen molar-refractivity contribution in [2.45, 2.75) is 6.42 Å². The van der Waals surface area contributed by atoms with Crippen LogP contribution >= 0.6 is 22.9 Å². The zero-order valence-electron chi connectivity index (χ0n) is 13.0. The molecule has 7 heteroatoms. The van der Waals surface area contributed by atoms with Crippen LogP contribution in [0.2, 0.25) is 5.02 Å². The Morgan fingerprint density at radius 2 is 2.16 bits per heavy atom. The largest absolute Gasteiger partial charge is 0.337 e. The van der Waals surface area contributed by atoms with E-state index >= 15 is 0 Å². The fourth-order valence-corrected chi connectivity index (χ4v) is 3.32. The molecule has 1 amide bonds. The lowest BCUT2D eigenvalue weighted by Gasteiger charge is -2.04. The number of thiophene rings is 1. The van der Waals surface area contributed by atoms with Gasteiger partial charge in [-0.3, -0.25) is 9.78 Å². The molecule has 0 aliphatic heterocycles. The molecule has 3 aromatic heterocycles. The van der Waals surface area contributed by atoms with Gasteiger partial charge in [0, 0.05) is 16.8 Å². The molecule has 0 aliphatic carbocycles. The summed E-state index contributed by atoms with van der Waals surface area (Å²) in [5, 5.41) is 5.46. The van der Waals surface area contributed by atoms with Crippen LogP contribution in [0.5, 0.6) is 0 Å². The molecule has 0 unspecified atom stereocenters. The number of fused-ring (bicyclic) bond motifs is 1. The van der Waals surface area contributed by atoms with E-state index in [1.807, 2.05) is 41.8 Å². The number of anilines is 1. The van der Waals surface area contributed by atoms with Gasteiger partial charge in [0.15, 0.2) is 5.82 Å². The second kappa shape index (κ2) is 6.66. The predicted molar refractivity (Wildman–Crippen MR) is 101 cm³/mol. The van der Waals surface area contributed by atoms with Gasteiger partial charge in [0.05, 0.1) is 22.5 Å². The highest BCUT2D eigenvalue weighted by atomic mass is 35.5. The summed E-state index contributed by atoms with van der Waals surface area (Å²) in [4.78, 5) is 25.2. The van der Waals surface area contributed by atoms with Gasteiger partial charge < -0.3 is 10.3 Å². The SMILES string of the molecule is O=C(Cc1cccs1)Nc1ccc2nc(-c3ccc(Cl)cn3)[nH]c2c1. The molecule has 25 heavy (non-hydrogen) atoms. The van der Waals surface area contributed by atoms with Crippen molar-refractivity contribution in [3.8, 4) is 11.5 Å². The number of pyridine rings is 1. The van der Waals surface area contributed by atoms with E-state index in [9.17, 15) is 4.79 Å². The van der Waals surface area contributed by atoms with Crippen LogP contribution in [-0.2, 0) is 11.2 Å². The Kier molecular flexibility index (Phi) is 4.21. The van der Waals surface area contributed by atoms with Crippen molar-refractivity contribution in [3.05, 3.63) is 63.9 Å². The lowest BCUT2D eigenvalue weighted by Crippen LogP contribution is -2.13. The number of benzene rings is 1. The standard InChI is InChI=1S/C18H13ClN4OS/c19-11-3-5-15(20-10-11)18-22-14-6-4-12(8-16(14)23-18)21-17(24)9-13-2-1-7-25-13/h1-8,10H,9H2,(H,21,24)(H,22,23). The molecule has 4 aromatic rings. The molecule has 0 saturated carbocycles. The average Bonchev–Trinajstić information content (AvgIpc) is 3.24. The summed E-state index contributed by atoms with van der Waals surface area (Å²) in [7, 11) is 0. The van der Waals surface area contributed by atoms with Gasteiger partial charge in [-0.1, -0.05) is 17.7 Å². The minimum Gasteiger partial charge on any atom is -0.337 e. The minimum absolute atomic E-state index is 0.0408. The van der Waals surface area contributed by atoms with Crippen molar-refractivity contribution in [2.24, 2.45) is 0 Å². The molecule has 0 saturated heterocycles. The number of rotatable bonds is 4. The van der Waals surface area contributed by atoms with E-state index in [2.05, 4.69) is 20.3 Å². The number of carbonyl (C=O) groups excluding carboxylic acids is 1. The molecule has 0 spiro atoms. The molecular formula is C18H13ClN4OS. The molecule has 3 heterocycles. The van der Waals surface area contributed by atoms with Crippen molar-refractivity contribution in [1.29, 1.82) is 0 Å². The maximum absolute atomic E-state index is 12.1. The first-order chi connectivity index (χ1) is 12.2.